The van der Waals surface area contributed by atoms with E-state index in [4.69, 9.17) is 5.73 Å². The highest BCUT2D eigenvalue weighted by Gasteiger charge is 2.30. The van der Waals surface area contributed by atoms with E-state index in [-0.39, 0.29) is 6.04 Å². The second kappa shape index (κ2) is 5.50. The fraction of sp³-hybridized carbons (Fsp3) is 0.214. The Labute approximate surface area is 138 Å². The van der Waals surface area contributed by atoms with Gasteiger partial charge in [-0.3, -0.25) is 4.99 Å². The van der Waals surface area contributed by atoms with Gasteiger partial charge < -0.3 is 10.6 Å². The Hall–Kier alpha value is -0.850. The number of nitrogens with zero attached hydrogens (tertiary/aromatic N) is 2. The van der Waals surface area contributed by atoms with Crippen LogP contribution in [0.4, 0.5) is 5.69 Å². The van der Waals surface area contributed by atoms with Gasteiger partial charge in [0.25, 0.3) is 0 Å². The Bertz CT molecular complexity index is 661. The van der Waals surface area contributed by atoms with Crippen LogP contribution in [0.5, 0.6) is 0 Å². The van der Waals surface area contributed by atoms with Gasteiger partial charge in [-0.1, -0.05) is 22.0 Å². The molecule has 20 heavy (non-hydrogen) atoms. The second-order valence-electron chi connectivity index (χ2n) is 4.62. The number of benzene rings is 1. The maximum atomic E-state index is 6.09. The predicted molar refractivity (Wildman–Crippen MR) is 92.6 cm³/mol. The molecule has 0 fully saturated rings. The minimum Gasteiger partial charge on any atom is -0.369 e. The number of nitrogens with two attached hydrogens (primary N) is 1. The lowest BCUT2D eigenvalue weighted by Crippen LogP contribution is -2.35. The molecule has 104 valence electrons. The normalized spacial score (nSPS) is 18.4. The SMILES string of the molecule is Cc1sc(C2CN=C(N)N2c2cccc(Br)c2)cc1Br. The first-order valence-electron chi connectivity index (χ1n) is 6.17. The Morgan fingerprint density at radius 3 is 2.80 bits per heavy atom. The topological polar surface area (TPSA) is 41.6 Å². The summed E-state index contributed by atoms with van der Waals surface area (Å²) in [5, 5.41) is 0. The van der Waals surface area contributed by atoms with E-state index >= 15 is 0 Å². The third kappa shape index (κ3) is 2.52. The van der Waals surface area contributed by atoms with Crippen molar-refractivity contribution in [3.63, 3.8) is 0 Å². The monoisotopic (exact) mass is 413 g/mol. The average Bonchev–Trinajstić information content (AvgIpc) is 2.93. The highest BCUT2D eigenvalue weighted by molar-refractivity contribution is 9.10. The van der Waals surface area contributed by atoms with Crippen LogP contribution in [0.25, 0.3) is 0 Å². The summed E-state index contributed by atoms with van der Waals surface area (Å²) in [5.41, 5.74) is 7.15. The molecule has 0 saturated carbocycles. The first-order chi connectivity index (χ1) is 9.56. The van der Waals surface area contributed by atoms with Crippen LogP contribution in [0, 0.1) is 6.92 Å². The smallest absolute Gasteiger partial charge is 0.196 e. The molecule has 1 aromatic carbocycles. The van der Waals surface area contributed by atoms with Gasteiger partial charge in [0, 0.05) is 24.4 Å². The highest BCUT2D eigenvalue weighted by Crippen LogP contribution is 2.38. The van der Waals surface area contributed by atoms with E-state index in [9.17, 15) is 0 Å². The van der Waals surface area contributed by atoms with Gasteiger partial charge in [0.2, 0.25) is 0 Å². The minimum absolute atomic E-state index is 0.180. The van der Waals surface area contributed by atoms with Gasteiger partial charge in [-0.15, -0.1) is 11.3 Å². The van der Waals surface area contributed by atoms with Crippen molar-refractivity contribution in [1.29, 1.82) is 0 Å². The molecule has 1 aromatic heterocycles. The molecule has 0 spiro atoms. The molecule has 2 N–H and O–H groups in total. The van der Waals surface area contributed by atoms with Crippen molar-refractivity contribution in [3.05, 3.63) is 49.0 Å². The van der Waals surface area contributed by atoms with E-state index in [1.807, 2.05) is 12.1 Å². The quantitative estimate of drug-likeness (QED) is 0.788. The fourth-order valence-electron chi connectivity index (χ4n) is 2.30. The Balaban J connectivity index is 2.00. The van der Waals surface area contributed by atoms with Crippen molar-refractivity contribution in [3.8, 4) is 0 Å². The largest absolute Gasteiger partial charge is 0.369 e. The van der Waals surface area contributed by atoms with Crippen molar-refractivity contribution in [2.75, 3.05) is 11.4 Å². The van der Waals surface area contributed by atoms with Crippen LogP contribution in [0.2, 0.25) is 0 Å². The molecule has 1 atom stereocenters. The molecular formula is C14H13Br2N3S. The third-order valence-corrected chi connectivity index (χ3v) is 6.01. The maximum absolute atomic E-state index is 6.09. The fourth-order valence-corrected chi connectivity index (χ4v) is 4.33. The van der Waals surface area contributed by atoms with Crippen LogP contribution in [-0.2, 0) is 0 Å². The summed E-state index contributed by atoms with van der Waals surface area (Å²) in [6, 6.07) is 10.5. The van der Waals surface area contributed by atoms with Crippen molar-refractivity contribution in [2.24, 2.45) is 10.7 Å². The molecule has 2 heterocycles. The number of aliphatic imine (C=N–C) groups is 1. The van der Waals surface area contributed by atoms with Crippen LogP contribution in [0.15, 0.2) is 44.3 Å². The number of aryl methyl sites for hydroxylation is 1. The van der Waals surface area contributed by atoms with E-state index in [1.54, 1.807) is 11.3 Å². The van der Waals surface area contributed by atoms with Crippen LogP contribution in [0.1, 0.15) is 15.8 Å². The highest BCUT2D eigenvalue weighted by atomic mass is 79.9. The van der Waals surface area contributed by atoms with Gasteiger partial charge in [-0.25, -0.2) is 0 Å². The summed E-state index contributed by atoms with van der Waals surface area (Å²) >= 11 is 8.88. The zero-order chi connectivity index (χ0) is 14.3. The number of thiophene rings is 1. The number of hydrogen-bond acceptors (Lipinski definition) is 4. The van der Waals surface area contributed by atoms with E-state index in [2.05, 4.69) is 66.9 Å². The molecule has 3 rings (SSSR count). The minimum atomic E-state index is 0.180. The molecule has 1 aliphatic rings. The molecule has 0 radical (unpaired) electrons. The zero-order valence-electron chi connectivity index (χ0n) is 10.8. The van der Waals surface area contributed by atoms with Crippen molar-refractivity contribution < 1.29 is 0 Å². The van der Waals surface area contributed by atoms with Crippen LogP contribution < -0.4 is 10.6 Å². The van der Waals surface area contributed by atoms with Gasteiger partial charge in [-0.05, 0) is 47.1 Å². The third-order valence-electron chi connectivity index (χ3n) is 3.28. The Morgan fingerprint density at radius 1 is 1.35 bits per heavy atom. The Kier molecular flexibility index (Phi) is 3.88. The molecule has 6 heteroatoms. The zero-order valence-corrected chi connectivity index (χ0v) is 14.8. The summed E-state index contributed by atoms with van der Waals surface area (Å²) < 4.78 is 2.19. The molecule has 1 aliphatic heterocycles. The van der Waals surface area contributed by atoms with Crippen molar-refractivity contribution in [1.82, 2.24) is 0 Å². The summed E-state index contributed by atoms with van der Waals surface area (Å²) in [5.74, 6) is 0.579. The summed E-state index contributed by atoms with van der Waals surface area (Å²) in [6.07, 6.45) is 0. The number of halogens is 2. The average molecular weight is 415 g/mol. The summed E-state index contributed by atoms with van der Waals surface area (Å²) in [4.78, 5) is 9.07. The maximum Gasteiger partial charge on any atom is 0.196 e. The predicted octanol–water partition coefficient (Wildman–Crippen LogP) is 4.46. The molecular weight excluding hydrogens is 402 g/mol. The van der Waals surface area contributed by atoms with Gasteiger partial charge in [0.1, 0.15) is 0 Å². The number of rotatable bonds is 2. The first kappa shape index (κ1) is 14.1. The van der Waals surface area contributed by atoms with E-state index in [1.165, 1.54) is 9.75 Å². The summed E-state index contributed by atoms with van der Waals surface area (Å²) in [6.45, 7) is 2.81. The molecule has 2 aromatic rings. The van der Waals surface area contributed by atoms with Crippen LogP contribution in [-0.4, -0.2) is 12.5 Å². The molecule has 1 unspecified atom stereocenters. The lowest BCUT2D eigenvalue weighted by Gasteiger charge is -2.25. The molecule has 0 saturated heterocycles. The first-order valence-corrected chi connectivity index (χ1v) is 8.57. The van der Waals surface area contributed by atoms with E-state index in [0.29, 0.717) is 12.5 Å². The summed E-state index contributed by atoms with van der Waals surface area (Å²) in [7, 11) is 0. The van der Waals surface area contributed by atoms with Gasteiger partial charge in [0.05, 0.1) is 12.6 Å². The number of anilines is 1. The standard InChI is InChI=1S/C14H13Br2N3S/c1-8-11(16)6-13(20-8)12-7-18-14(17)19(12)10-4-2-3-9(15)5-10/h2-6,12H,7H2,1H3,(H2,17,18). The van der Waals surface area contributed by atoms with Gasteiger partial charge in [-0.2, -0.15) is 0 Å². The molecule has 3 nitrogen and oxygen atoms in total. The van der Waals surface area contributed by atoms with Crippen molar-refractivity contribution in [2.45, 2.75) is 13.0 Å². The number of guanidine groups is 1. The lowest BCUT2D eigenvalue weighted by molar-refractivity contribution is 0.784. The van der Waals surface area contributed by atoms with E-state index < -0.39 is 0 Å². The van der Waals surface area contributed by atoms with Crippen LogP contribution in [0.3, 0.4) is 0 Å². The molecule has 0 bridgehead atoms. The molecule has 0 amide bonds. The van der Waals surface area contributed by atoms with Crippen LogP contribution >= 0.6 is 43.2 Å². The van der Waals surface area contributed by atoms with Crippen molar-refractivity contribution >= 4 is 54.8 Å². The Morgan fingerprint density at radius 2 is 2.15 bits per heavy atom. The molecule has 0 aliphatic carbocycles. The number of hydrogen-bond donors (Lipinski definition) is 1. The van der Waals surface area contributed by atoms with Gasteiger partial charge >= 0.3 is 0 Å². The van der Waals surface area contributed by atoms with E-state index in [0.717, 1.165) is 14.6 Å². The van der Waals surface area contributed by atoms with Gasteiger partial charge in [0.15, 0.2) is 5.96 Å². The lowest BCUT2D eigenvalue weighted by atomic mass is 10.2. The second-order valence-corrected chi connectivity index (χ2v) is 7.68.